The van der Waals surface area contributed by atoms with Gasteiger partial charge in [0.15, 0.2) is 0 Å². The van der Waals surface area contributed by atoms with Crippen molar-refractivity contribution in [1.82, 2.24) is 15.0 Å². The maximum absolute atomic E-state index is 5.14. The molecule has 0 atom stereocenters. The van der Waals surface area contributed by atoms with Crippen LogP contribution in [0.15, 0.2) is 40.6 Å². The van der Waals surface area contributed by atoms with Crippen molar-refractivity contribution in [2.24, 2.45) is 15.9 Å². The zero-order chi connectivity index (χ0) is 13.9. The van der Waals surface area contributed by atoms with Crippen LogP contribution in [0.3, 0.4) is 0 Å². The number of H-pyrrole nitrogens is 1. The van der Waals surface area contributed by atoms with Crippen LogP contribution in [-0.4, -0.2) is 26.9 Å². The van der Waals surface area contributed by atoms with E-state index < -0.39 is 0 Å². The van der Waals surface area contributed by atoms with Gasteiger partial charge in [-0.05, 0) is 13.0 Å². The van der Waals surface area contributed by atoms with Crippen LogP contribution in [0, 0.1) is 0 Å². The maximum atomic E-state index is 5.14. The Morgan fingerprint density at radius 3 is 3.10 bits per heavy atom. The van der Waals surface area contributed by atoms with Gasteiger partial charge in [0.1, 0.15) is 5.82 Å². The number of para-hydroxylation sites is 1. The molecule has 0 spiro atoms. The fraction of sp³-hybridized carbons (Fsp3) is 0.143. The number of hydrogen-bond donors (Lipinski definition) is 2. The summed E-state index contributed by atoms with van der Waals surface area (Å²) in [6, 6.07) is 7.94. The molecule has 0 aliphatic rings. The number of aromatic nitrogens is 3. The number of pyridine rings is 1. The Morgan fingerprint density at radius 2 is 2.25 bits per heavy atom. The maximum Gasteiger partial charge on any atom is 0.129 e. The summed E-state index contributed by atoms with van der Waals surface area (Å²) in [5.74, 6) is 5.93. The Balaban J connectivity index is 1.98. The van der Waals surface area contributed by atoms with Gasteiger partial charge < -0.3 is 10.8 Å². The summed E-state index contributed by atoms with van der Waals surface area (Å²) in [5.41, 5.74) is 3.45. The summed E-state index contributed by atoms with van der Waals surface area (Å²) in [6.07, 6.45) is 3.42. The second-order valence-electron chi connectivity index (χ2n) is 4.46. The lowest BCUT2D eigenvalue weighted by atomic mass is 10.2. The second kappa shape index (κ2) is 5.08. The summed E-state index contributed by atoms with van der Waals surface area (Å²) in [4.78, 5) is 16.4. The number of hydrazone groups is 1. The molecule has 3 aromatic rings. The van der Waals surface area contributed by atoms with Crippen molar-refractivity contribution in [3.05, 3.63) is 36.3 Å². The van der Waals surface area contributed by atoms with E-state index in [1.165, 1.54) is 0 Å². The van der Waals surface area contributed by atoms with E-state index in [1.54, 1.807) is 19.3 Å². The Morgan fingerprint density at radius 1 is 1.40 bits per heavy atom. The van der Waals surface area contributed by atoms with Gasteiger partial charge in [0, 0.05) is 11.6 Å². The van der Waals surface area contributed by atoms with E-state index >= 15 is 0 Å². The Hall–Kier alpha value is -2.76. The van der Waals surface area contributed by atoms with Crippen molar-refractivity contribution in [3.8, 4) is 0 Å². The minimum atomic E-state index is 0.454. The highest BCUT2D eigenvalue weighted by atomic mass is 15.1. The van der Waals surface area contributed by atoms with E-state index in [2.05, 4.69) is 25.0 Å². The van der Waals surface area contributed by atoms with Crippen LogP contribution in [0.4, 0.5) is 0 Å². The number of nitrogens with zero attached hydrogens (tertiary/aromatic N) is 4. The molecule has 3 rings (SSSR count). The molecule has 0 bridgehead atoms. The highest BCUT2D eigenvalue weighted by Crippen LogP contribution is 2.21. The third-order valence-corrected chi connectivity index (χ3v) is 3.00. The number of nitrogens with one attached hydrogen (secondary N) is 1. The van der Waals surface area contributed by atoms with E-state index in [4.69, 9.17) is 5.84 Å². The predicted octanol–water partition coefficient (Wildman–Crippen LogP) is 2.02. The average Bonchev–Trinajstić information content (AvgIpc) is 2.90. The number of aliphatic imine (C=N–C) groups is 1. The number of fused-ring (bicyclic) bond motifs is 3. The summed E-state index contributed by atoms with van der Waals surface area (Å²) in [6.45, 7) is 2.25. The smallest absolute Gasteiger partial charge is 0.129 e. The average molecular weight is 266 g/mol. The number of benzene rings is 1. The topological polar surface area (TPSA) is 92.3 Å². The minimum Gasteiger partial charge on any atom is -0.339 e. The lowest BCUT2D eigenvalue weighted by molar-refractivity contribution is 0.965. The normalized spacial score (nSPS) is 12.8. The number of rotatable bonds is 3. The molecule has 100 valence electrons. The molecular formula is C14H14N6. The molecule has 0 radical (unpaired) electrons. The van der Waals surface area contributed by atoms with Gasteiger partial charge in [-0.2, -0.15) is 5.10 Å². The SMILES string of the molecule is CC(C=NCc1nc2c(cnc3ccccc32)[nH]1)=NN. The number of hydrogen-bond acceptors (Lipinski definition) is 5. The molecule has 0 aliphatic carbocycles. The van der Waals surface area contributed by atoms with Crippen molar-refractivity contribution in [2.45, 2.75) is 13.5 Å². The van der Waals surface area contributed by atoms with E-state index in [1.807, 2.05) is 24.3 Å². The molecule has 6 nitrogen and oxygen atoms in total. The van der Waals surface area contributed by atoms with Gasteiger partial charge in [-0.1, -0.05) is 18.2 Å². The number of nitrogens with two attached hydrogens (primary N) is 1. The second-order valence-corrected chi connectivity index (χ2v) is 4.46. The first-order valence-electron chi connectivity index (χ1n) is 6.24. The lowest BCUT2D eigenvalue weighted by Crippen LogP contribution is -1.97. The Kier molecular flexibility index (Phi) is 3.12. The van der Waals surface area contributed by atoms with Gasteiger partial charge in [0.25, 0.3) is 0 Å². The molecule has 0 fully saturated rings. The summed E-state index contributed by atoms with van der Waals surface area (Å²) < 4.78 is 0. The first-order valence-corrected chi connectivity index (χ1v) is 6.24. The predicted molar refractivity (Wildman–Crippen MR) is 80.9 cm³/mol. The summed E-state index contributed by atoms with van der Waals surface area (Å²) in [5, 5.41) is 4.57. The third-order valence-electron chi connectivity index (χ3n) is 3.00. The molecule has 1 aromatic carbocycles. The summed E-state index contributed by atoms with van der Waals surface area (Å²) >= 11 is 0. The molecule has 0 saturated carbocycles. The first-order chi connectivity index (χ1) is 9.78. The van der Waals surface area contributed by atoms with E-state index in [0.29, 0.717) is 12.3 Å². The van der Waals surface area contributed by atoms with Crippen LogP contribution in [0.5, 0.6) is 0 Å². The van der Waals surface area contributed by atoms with Crippen LogP contribution >= 0.6 is 0 Å². The van der Waals surface area contributed by atoms with Crippen LogP contribution in [-0.2, 0) is 6.54 Å². The van der Waals surface area contributed by atoms with Crippen LogP contribution < -0.4 is 5.84 Å². The van der Waals surface area contributed by atoms with Crippen LogP contribution in [0.2, 0.25) is 0 Å². The first kappa shape index (κ1) is 12.3. The quantitative estimate of drug-likeness (QED) is 0.431. The van der Waals surface area contributed by atoms with Crippen molar-refractivity contribution in [1.29, 1.82) is 0 Å². The summed E-state index contributed by atoms with van der Waals surface area (Å²) in [7, 11) is 0. The fourth-order valence-electron chi connectivity index (χ4n) is 2.03. The highest BCUT2D eigenvalue weighted by molar-refractivity contribution is 6.29. The highest BCUT2D eigenvalue weighted by Gasteiger charge is 2.06. The van der Waals surface area contributed by atoms with E-state index in [9.17, 15) is 0 Å². The molecule has 6 heteroatoms. The van der Waals surface area contributed by atoms with Crippen LogP contribution in [0.25, 0.3) is 21.9 Å². The zero-order valence-corrected chi connectivity index (χ0v) is 11.0. The van der Waals surface area contributed by atoms with Gasteiger partial charge >= 0.3 is 0 Å². The molecule has 0 saturated heterocycles. The van der Waals surface area contributed by atoms with Crippen LogP contribution in [0.1, 0.15) is 12.7 Å². The molecule has 0 unspecified atom stereocenters. The monoisotopic (exact) mass is 266 g/mol. The molecule has 2 aromatic heterocycles. The van der Waals surface area contributed by atoms with Gasteiger partial charge in [-0.25, -0.2) is 4.98 Å². The minimum absolute atomic E-state index is 0.454. The Bertz CT molecular complexity index is 815. The standard InChI is InChI=1S/C14H14N6/c1-9(20-15)6-16-8-13-18-12-7-17-11-5-3-2-4-10(11)14(12)19-13/h2-7H,8,15H2,1H3,(H,18,19). The largest absolute Gasteiger partial charge is 0.339 e. The van der Waals surface area contributed by atoms with Crippen molar-refractivity contribution in [2.75, 3.05) is 0 Å². The van der Waals surface area contributed by atoms with Crippen molar-refractivity contribution in [3.63, 3.8) is 0 Å². The molecule has 0 aliphatic heterocycles. The third kappa shape index (κ3) is 2.23. The van der Waals surface area contributed by atoms with E-state index in [0.717, 1.165) is 27.8 Å². The molecular weight excluding hydrogens is 252 g/mol. The molecule has 20 heavy (non-hydrogen) atoms. The lowest BCUT2D eigenvalue weighted by Gasteiger charge is -1.95. The van der Waals surface area contributed by atoms with Gasteiger partial charge in [-0.15, -0.1) is 0 Å². The van der Waals surface area contributed by atoms with Crippen molar-refractivity contribution >= 4 is 33.9 Å². The molecule has 3 N–H and O–H groups in total. The number of imidazole rings is 1. The zero-order valence-electron chi connectivity index (χ0n) is 11.0. The van der Waals surface area contributed by atoms with Gasteiger partial charge in [0.2, 0.25) is 0 Å². The van der Waals surface area contributed by atoms with E-state index in [-0.39, 0.29) is 0 Å². The van der Waals surface area contributed by atoms with Gasteiger partial charge in [0.05, 0.1) is 35.0 Å². The molecule has 2 heterocycles. The van der Waals surface area contributed by atoms with Gasteiger partial charge in [-0.3, -0.25) is 9.98 Å². The number of aromatic amines is 1. The fourth-order valence-corrected chi connectivity index (χ4v) is 2.03. The molecule has 0 amide bonds. The van der Waals surface area contributed by atoms with Crippen molar-refractivity contribution < 1.29 is 0 Å². The Labute approximate surface area is 115 Å².